The number of alkyl carbamates (subject to hydrolysis) is 1. The zero-order valence-electron chi connectivity index (χ0n) is 26.1. The Bertz CT molecular complexity index is 1050. The van der Waals surface area contributed by atoms with Gasteiger partial charge in [0, 0.05) is 18.8 Å². The summed E-state index contributed by atoms with van der Waals surface area (Å²) in [5, 5.41) is 6.72. The molecule has 0 spiro atoms. The summed E-state index contributed by atoms with van der Waals surface area (Å²) in [6.07, 6.45) is 18.2. The van der Waals surface area contributed by atoms with Gasteiger partial charge in [0.25, 0.3) is 0 Å². The van der Waals surface area contributed by atoms with Crippen LogP contribution in [0.2, 0.25) is 0 Å². The maximum atomic E-state index is 12.4. The molecule has 40 heavy (non-hydrogen) atoms. The summed E-state index contributed by atoms with van der Waals surface area (Å²) in [5.74, 6) is 0.847. The largest absolute Gasteiger partial charge is 0.500 e. The van der Waals surface area contributed by atoms with Gasteiger partial charge in [-0.2, -0.15) is 0 Å². The van der Waals surface area contributed by atoms with Crippen LogP contribution in [0.4, 0.5) is 4.79 Å². The third-order valence-corrected chi connectivity index (χ3v) is 8.34. The topological polar surface area (TPSA) is 59.6 Å². The normalized spacial score (nSPS) is 18.9. The van der Waals surface area contributed by atoms with E-state index in [2.05, 4.69) is 74.7 Å². The number of carbonyl (C=O) groups excluding carboxylic acids is 1. The van der Waals surface area contributed by atoms with Crippen LogP contribution in [-0.2, 0) is 20.3 Å². The molecule has 5 heteroatoms. The van der Waals surface area contributed by atoms with E-state index in [4.69, 9.17) is 9.47 Å². The molecular formula is C35H54N2O3. The summed E-state index contributed by atoms with van der Waals surface area (Å²) in [5.41, 5.74) is 5.77. The molecule has 5 nitrogen and oxygen atoms in total. The van der Waals surface area contributed by atoms with Crippen LogP contribution in [0.3, 0.4) is 0 Å². The summed E-state index contributed by atoms with van der Waals surface area (Å²) in [4.78, 5) is 12.4. The Kier molecular flexibility index (Phi) is 12.2. The van der Waals surface area contributed by atoms with Crippen LogP contribution < -0.4 is 10.6 Å². The number of nitrogens with one attached hydrogen (secondary N) is 2. The second-order valence-electron chi connectivity index (χ2n) is 12.4. The van der Waals surface area contributed by atoms with Gasteiger partial charge in [0.1, 0.15) is 5.76 Å². The molecule has 0 bridgehead atoms. The molecule has 0 radical (unpaired) electrons. The van der Waals surface area contributed by atoms with E-state index in [0.29, 0.717) is 13.2 Å². The number of benzene rings is 1. The molecule has 1 amide bonds. The Balaban J connectivity index is 1.82. The molecule has 1 aliphatic carbocycles. The lowest BCUT2D eigenvalue weighted by Gasteiger charge is -2.39. The first kappa shape index (κ1) is 31.8. The fourth-order valence-electron chi connectivity index (χ4n) is 5.93. The number of hydrogen-bond acceptors (Lipinski definition) is 4. The average Bonchev–Trinajstić information content (AvgIpc) is 2.94. The van der Waals surface area contributed by atoms with Gasteiger partial charge >= 0.3 is 6.09 Å². The molecule has 1 atom stereocenters. The number of allylic oxidation sites excluding steroid dienone is 3. The number of ether oxygens (including phenoxy) is 2. The molecule has 2 N–H and O–H groups in total. The van der Waals surface area contributed by atoms with Gasteiger partial charge in [0.15, 0.2) is 0 Å². The monoisotopic (exact) mass is 550 g/mol. The van der Waals surface area contributed by atoms with Crippen molar-refractivity contribution in [1.82, 2.24) is 10.6 Å². The molecule has 1 unspecified atom stereocenters. The Morgan fingerprint density at radius 3 is 2.23 bits per heavy atom. The Morgan fingerprint density at radius 2 is 1.62 bits per heavy atom. The van der Waals surface area contributed by atoms with Gasteiger partial charge < -0.3 is 20.1 Å². The number of unbranched alkanes of at least 4 members (excludes halogenated alkanes) is 8. The Morgan fingerprint density at radius 1 is 0.975 bits per heavy atom. The highest BCUT2D eigenvalue weighted by Gasteiger charge is 2.41. The van der Waals surface area contributed by atoms with Crippen molar-refractivity contribution >= 4 is 6.09 Å². The third kappa shape index (κ3) is 8.41. The number of rotatable bonds is 15. The predicted octanol–water partition coefficient (Wildman–Crippen LogP) is 8.61. The highest BCUT2D eigenvalue weighted by atomic mass is 16.5. The van der Waals surface area contributed by atoms with E-state index in [1.54, 1.807) is 7.11 Å². The highest BCUT2D eigenvalue weighted by Crippen LogP contribution is 2.44. The minimum atomic E-state index is -0.600. The minimum absolute atomic E-state index is 0.0642. The SMILES string of the molecule is CCCCCCCCCCCC1=C2C=C(OC)C(CNC(=O)OCC)(c3ccc(C(C)(C)C)cc3)C=C2CCN1. The molecule has 1 heterocycles. The van der Waals surface area contributed by atoms with E-state index in [0.717, 1.165) is 30.7 Å². The molecule has 2 aliphatic rings. The van der Waals surface area contributed by atoms with Gasteiger partial charge in [0.05, 0.1) is 19.1 Å². The highest BCUT2D eigenvalue weighted by molar-refractivity contribution is 5.68. The van der Waals surface area contributed by atoms with E-state index in [1.807, 2.05) is 6.92 Å². The average molecular weight is 551 g/mol. The van der Waals surface area contributed by atoms with E-state index in [9.17, 15) is 4.79 Å². The van der Waals surface area contributed by atoms with Crippen molar-refractivity contribution in [1.29, 1.82) is 0 Å². The van der Waals surface area contributed by atoms with Crippen LogP contribution >= 0.6 is 0 Å². The Labute approximate surface area is 243 Å². The van der Waals surface area contributed by atoms with Crippen LogP contribution in [0.1, 0.15) is 116 Å². The smallest absolute Gasteiger partial charge is 0.407 e. The molecule has 0 saturated heterocycles. The van der Waals surface area contributed by atoms with Crippen molar-refractivity contribution in [2.45, 2.75) is 116 Å². The summed E-state index contributed by atoms with van der Waals surface area (Å²) < 4.78 is 11.3. The molecule has 3 rings (SSSR count). The molecule has 222 valence electrons. The van der Waals surface area contributed by atoms with Gasteiger partial charge in [-0.1, -0.05) is 109 Å². The van der Waals surface area contributed by atoms with Crippen molar-refractivity contribution in [3.63, 3.8) is 0 Å². The van der Waals surface area contributed by atoms with E-state index in [1.165, 1.54) is 80.2 Å². The number of amides is 1. The molecular weight excluding hydrogens is 496 g/mol. The number of fused-ring (bicyclic) bond motifs is 1. The number of carbonyl (C=O) groups is 1. The van der Waals surface area contributed by atoms with Crippen molar-refractivity contribution in [2.75, 3.05) is 26.8 Å². The zero-order chi connectivity index (χ0) is 29.0. The standard InChI is InChI=1S/C35H54N2O3/c1-7-9-10-11-12-13-14-15-16-17-31-30-24-32(39-6)35(25-27(30)22-23-36-31,26-37-33(38)40-8-2)29-20-18-28(19-21-29)34(3,4)5/h18-21,24-25,36H,7-17,22-23,26H2,1-6H3,(H,37,38). The maximum absolute atomic E-state index is 12.4. The molecule has 0 saturated carbocycles. The summed E-state index contributed by atoms with van der Waals surface area (Å²) in [6.45, 7) is 12.4. The minimum Gasteiger partial charge on any atom is -0.500 e. The molecule has 1 aromatic rings. The number of hydrogen-bond donors (Lipinski definition) is 2. The van der Waals surface area contributed by atoms with Crippen LogP contribution in [0.15, 0.2) is 59.0 Å². The first-order valence-electron chi connectivity index (χ1n) is 15.7. The fraction of sp³-hybridized carbons (Fsp3) is 0.629. The third-order valence-electron chi connectivity index (χ3n) is 8.34. The summed E-state index contributed by atoms with van der Waals surface area (Å²) in [7, 11) is 1.74. The van der Waals surface area contributed by atoms with Crippen molar-refractivity contribution in [2.24, 2.45) is 0 Å². The van der Waals surface area contributed by atoms with Gasteiger partial charge in [-0.15, -0.1) is 0 Å². The van der Waals surface area contributed by atoms with Crippen LogP contribution in [0.5, 0.6) is 0 Å². The maximum Gasteiger partial charge on any atom is 0.407 e. The quantitative estimate of drug-likeness (QED) is 0.215. The first-order valence-corrected chi connectivity index (χ1v) is 15.7. The molecule has 1 aromatic carbocycles. The predicted molar refractivity (Wildman–Crippen MR) is 167 cm³/mol. The van der Waals surface area contributed by atoms with E-state index in [-0.39, 0.29) is 5.41 Å². The first-order chi connectivity index (χ1) is 19.2. The van der Waals surface area contributed by atoms with Crippen LogP contribution in [-0.4, -0.2) is 32.9 Å². The Hall–Kier alpha value is -2.69. The lowest BCUT2D eigenvalue weighted by atomic mass is 9.70. The van der Waals surface area contributed by atoms with Gasteiger partial charge in [-0.25, -0.2) is 4.79 Å². The summed E-state index contributed by atoms with van der Waals surface area (Å²) >= 11 is 0. The zero-order valence-corrected chi connectivity index (χ0v) is 26.1. The second-order valence-corrected chi connectivity index (χ2v) is 12.4. The molecule has 1 aliphatic heterocycles. The molecule has 0 fully saturated rings. The van der Waals surface area contributed by atoms with Crippen molar-refractivity contribution in [3.8, 4) is 0 Å². The van der Waals surface area contributed by atoms with Crippen LogP contribution in [0.25, 0.3) is 0 Å². The van der Waals surface area contributed by atoms with Crippen LogP contribution in [0, 0.1) is 0 Å². The van der Waals surface area contributed by atoms with E-state index >= 15 is 0 Å². The summed E-state index contributed by atoms with van der Waals surface area (Å²) in [6, 6.07) is 8.79. The lowest BCUT2D eigenvalue weighted by Crippen LogP contribution is -2.43. The van der Waals surface area contributed by atoms with Crippen molar-refractivity contribution < 1.29 is 14.3 Å². The molecule has 0 aromatic heterocycles. The van der Waals surface area contributed by atoms with Gasteiger partial charge in [-0.05, 0) is 60.0 Å². The van der Waals surface area contributed by atoms with E-state index < -0.39 is 11.5 Å². The van der Waals surface area contributed by atoms with Crippen molar-refractivity contribution in [3.05, 3.63) is 70.1 Å². The second kappa shape index (κ2) is 15.3. The van der Waals surface area contributed by atoms with Gasteiger partial charge in [-0.3, -0.25) is 0 Å². The van der Waals surface area contributed by atoms with Gasteiger partial charge in [0.2, 0.25) is 0 Å². The number of methoxy groups -OCH3 is 1. The fourth-order valence-corrected chi connectivity index (χ4v) is 5.93. The lowest BCUT2D eigenvalue weighted by molar-refractivity contribution is 0.148.